The van der Waals surface area contributed by atoms with Gasteiger partial charge in [0.05, 0.1) is 26.0 Å². The molecule has 2 aromatic carbocycles. The molecule has 1 saturated heterocycles. The zero-order valence-corrected chi connectivity index (χ0v) is 19.3. The summed E-state index contributed by atoms with van der Waals surface area (Å²) in [6, 6.07) is 14.1. The van der Waals surface area contributed by atoms with Gasteiger partial charge in [0, 0.05) is 43.8 Å². The van der Waals surface area contributed by atoms with Crippen molar-refractivity contribution in [2.24, 2.45) is 0 Å². The van der Waals surface area contributed by atoms with Gasteiger partial charge >= 0.3 is 0 Å². The van der Waals surface area contributed by atoms with Gasteiger partial charge in [-0.3, -0.25) is 4.90 Å². The van der Waals surface area contributed by atoms with Crippen LogP contribution in [0.15, 0.2) is 42.5 Å². The molecule has 1 N–H and O–H groups in total. The second-order valence-electron chi connectivity index (χ2n) is 7.49. The number of methoxy groups -OCH3 is 1. The van der Waals surface area contributed by atoms with Crippen LogP contribution in [0.1, 0.15) is 17.5 Å². The molecule has 30 heavy (non-hydrogen) atoms. The summed E-state index contributed by atoms with van der Waals surface area (Å²) >= 11 is 11.9. The van der Waals surface area contributed by atoms with Gasteiger partial charge in [0.2, 0.25) is 0 Å². The number of ether oxygens (including phenoxy) is 2. The summed E-state index contributed by atoms with van der Waals surface area (Å²) in [5.41, 5.74) is 3.31. The smallest absolute Gasteiger partial charge is 0.173 e. The van der Waals surface area contributed by atoms with Crippen LogP contribution >= 0.6 is 23.8 Å². The Balaban J connectivity index is 1.67. The van der Waals surface area contributed by atoms with E-state index in [1.165, 1.54) is 11.1 Å². The SMILES string of the molecule is COc1cc(Cl)ccc1NC(=S)N(CCCN1CCOCC1)Cc1cccc(C)c1. The van der Waals surface area contributed by atoms with Crippen LogP contribution < -0.4 is 10.1 Å². The third kappa shape index (κ3) is 6.84. The van der Waals surface area contributed by atoms with Gasteiger partial charge in [-0.2, -0.15) is 0 Å². The van der Waals surface area contributed by atoms with Crippen LogP contribution in [0.3, 0.4) is 0 Å². The summed E-state index contributed by atoms with van der Waals surface area (Å²) in [4.78, 5) is 4.67. The average Bonchev–Trinajstić information content (AvgIpc) is 2.75. The van der Waals surface area contributed by atoms with Crippen LogP contribution in [0, 0.1) is 6.92 Å². The molecule has 0 spiro atoms. The third-order valence-electron chi connectivity index (χ3n) is 5.15. The first kappa shape index (κ1) is 22.8. The van der Waals surface area contributed by atoms with E-state index in [4.69, 9.17) is 33.3 Å². The molecule has 0 bridgehead atoms. The Kier molecular flexibility index (Phi) is 8.75. The van der Waals surface area contributed by atoms with Gasteiger partial charge in [-0.1, -0.05) is 41.4 Å². The van der Waals surface area contributed by atoms with Crippen LogP contribution in [0.2, 0.25) is 5.02 Å². The lowest BCUT2D eigenvalue weighted by atomic mass is 10.1. The van der Waals surface area contributed by atoms with Crippen molar-refractivity contribution in [3.8, 4) is 5.75 Å². The standard InChI is InChI=1S/C23H30ClN3O2S/c1-18-5-3-6-19(15-18)17-27(10-4-9-26-11-13-29-14-12-26)23(30)25-21-8-7-20(24)16-22(21)28-2/h3,5-8,15-16H,4,9-14,17H2,1-2H3,(H,25,30). The normalized spacial score (nSPS) is 14.4. The zero-order valence-electron chi connectivity index (χ0n) is 17.7. The molecule has 0 saturated carbocycles. The summed E-state index contributed by atoms with van der Waals surface area (Å²) in [5.74, 6) is 0.675. The Hall–Kier alpha value is -1.86. The highest BCUT2D eigenvalue weighted by Crippen LogP contribution is 2.28. The second kappa shape index (κ2) is 11.5. The molecule has 2 aromatic rings. The van der Waals surface area contributed by atoms with Crippen LogP contribution in [0.25, 0.3) is 0 Å². The molecule has 1 aliphatic heterocycles. The number of hydrogen-bond acceptors (Lipinski definition) is 4. The number of aryl methyl sites for hydroxylation is 1. The van der Waals surface area contributed by atoms with E-state index < -0.39 is 0 Å². The summed E-state index contributed by atoms with van der Waals surface area (Å²) in [6.07, 6.45) is 1.03. The van der Waals surface area contributed by atoms with E-state index in [1.54, 1.807) is 13.2 Å². The average molecular weight is 448 g/mol. The lowest BCUT2D eigenvalue weighted by Gasteiger charge is -2.30. The molecule has 0 aliphatic carbocycles. The minimum atomic E-state index is 0.630. The maximum atomic E-state index is 6.09. The van der Waals surface area contributed by atoms with Gasteiger partial charge in [-0.05, 0) is 43.3 Å². The summed E-state index contributed by atoms with van der Waals surface area (Å²) in [6.45, 7) is 8.43. The van der Waals surface area contributed by atoms with E-state index >= 15 is 0 Å². The fourth-order valence-electron chi connectivity index (χ4n) is 3.56. The molecule has 5 nitrogen and oxygen atoms in total. The molecule has 3 rings (SSSR count). The van der Waals surface area contributed by atoms with E-state index in [-0.39, 0.29) is 0 Å². The first-order valence-corrected chi connectivity index (χ1v) is 11.1. The molecule has 1 heterocycles. The number of nitrogens with one attached hydrogen (secondary N) is 1. The number of nitrogens with zero attached hydrogens (tertiary/aromatic N) is 2. The minimum Gasteiger partial charge on any atom is -0.495 e. The Morgan fingerprint density at radius 3 is 2.77 bits per heavy atom. The van der Waals surface area contributed by atoms with E-state index in [0.29, 0.717) is 15.9 Å². The number of halogens is 1. The van der Waals surface area contributed by atoms with Gasteiger partial charge in [0.1, 0.15) is 5.75 Å². The van der Waals surface area contributed by atoms with Gasteiger partial charge in [-0.25, -0.2) is 0 Å². The molecule has 1 fully saturated rings. The lowest BCUT2D eigenvalue weighted by Crippen LogP contribution is -2.40. The number of morpholine rings is 1. The molecule has 0 amide bonds. The Labute approximate surface area is 189 Å². The largest absolute Gasteiger partial charge is 0.495 e. The maximum Gasteiger partial charge on any atom is 0.173 e. The predicted molar refractivity (Wildman–Crippen MR) is 128 cm³/mol. The fraction of sp³-hybridized carbons (Fsp3) is 0.435. The predicted octanol–water partition coefficient (Wildman–Crippen LogP) is 4.58. The van der Waals surface area contributed by atoms with E-state index in [2.05, 4.69) is 46.3 Å². The number of thiocarbonyl (C=S) groups is 1. The monoisotopic (exact) mass is 447 g/mol. The fourth-order valence-corrected chi connectivity index (χ4v) is 3.98. The van der Waals surface area contributed by atoms with Crippen molar-refractivity contribution in [2.45, 2.75) is 19.9 Å². The highest BCUT2D eigenvalue weighted by Gasteiger charge is 2.15. The molecular formula is C23H30ClN3O2S. The number of rotatable bonds is 8. The quantitative estimate of drug-likeness (QED) is 0.597. The van der Waals surface area contributed by atoms with Crippen LogP contribution in [0.5, 0.6) is 5.75 Å². The number of benzene rings is 2. The van der Waals surface area contributed by atoms with Gasteiger partial charge in [-0.15, -0.1) is 0 Å². The molecule has 0 atom stereocenters. The van der Waals surface area contributed by atoms with Crippen molar-refractivity contribution in [2.75, 3.05) is 51.8 Å². The van der Waals surface area contributed by atoms with Crippen molar-refractivity contribution >= 4 is 34.6 Å². The van der Waals surface area contributed by atoms with Crippen LogP contribution in [-0.2, 0) is 11.3 Å². The third-order valence-corrected chi connectivity index (χ3v) is 5.75. The maximum absolute atomic E-state index is 6.09. The van der Waals surface area contributed by atoms with Crippen molar-refractivity contribution in [3.05, 3.63) is 58.6 Å². The Morgan fingerprint density at radius 1 is 1.23 bits per heavy atom. The van der Waals surface area contributed by atoms with Crippen LogP contribution in [0.4, 0.5) is 5.69 Å². The van der Waals surface area contributed by atoms with Gasteiger partial charge in [0.25, 0.3) is 0 Å². The van der Waals surface area contributed by atoms with E-state index in [1.807, 2.05) is 12.1 Å². The van der Waals surface area contributed by atoms with Crippen LogP contribution in [-0.4, -0.2) is 61.4 Å². The first-order chi connectivity index (χ1) is 14.5. The van der Waals surface area contributed by atoms with Gasteiger partial charge in [0.15, 0.2) is 5.11 Å². The Morgan fingerprint density at radius 2 is 2.03 bits per heavy atom. The molecule has 162 valence electrons. The Bertz CT molecular complexity index is 843. The van der Waals surface area contributed by atoms with E-state index in [0.717, 1.165) is 58.0 Å². The second-order valence-corrected chi connectivity index (χ2v) is 8.32. The molecule has 7 heteroatoms. The topological polar surface area (TPSA) is 37.0 Å². The number of hydrogen-bond donors (Lipinski definition) is 1. The molecule has 0 unspecified atom stereocenters. The molecule has 0 aromatic heterocycles. The summed E-state index contributed by atoms with van der Waals surface area (Å²) in [5, 5.41) is 4.66. The molecule has 0 radical (unpaired) electrons. The highest BCUT2D eigenvalue weighted by molar-refractivity contribution is 7.80. The lowest BCUT2D eigenvalue weighted by molar-refractivity contribution is 0.0368. The minimum absolute atomic E-state index is 0.630. The first-order valence-electron chi connectivity index (χ1n) is 10.3. The highest BCUT2D eigenvalue weighted by atomic mass is 35.5. The van der Waals surface area contributed by atoms with E-state index in [9.17, 15) is 0 Å². The zero-order chi connectivity index (χ0) is 21.3. The van der Waals surface area contributed by atoms with Crippen molar-refractivity contribution in [1.82, 2.24) is 9.80 Å². The molecular weight excluding hydrogens is 418 g/mol. The van der Waals surface area contributed by atoms with Gasteiger partial charge < -0.3 is 19.7 Å². The van der Waals surface area contributed by atoms with Crippen molar-refractivity contribution in [1.29, 1.82) is 0 Å². The summed E-state index contributed by atoms with van der Waals surface area (Å²) < 4.78 is 10.9. The van der Waals surface area contributed by atoms with Crippen molar-refractivity contribution < 1.29 is 9.47 Å². The van der Waals surface area contributed by atoms with Crippen molar-refractivity contribution in [3.63, 3.8) is 0 Å². The molecule has 1 aliphatic rings. The number of anilines is 1. The summed E-state index contributed by atoms with van der Waals surface area (Å²) in [7, 11) is 1.63.